The van der Waals surface area contributed by atoms with Crippen molar-refractivity contribution in [2.75, 3.05) is 0 Å². The third-order valence-electron chi connectivity index (χ3n) is 3.78. The van der Waals surface area contributed by atoms with Crippen molar-refractivity contribution < 1.29 is 14.3 Å². The number of ether oxygens (including phenoxy) is 1. The molecule has 0 saturated carbocycles. The van der Waals surface area contributed by atoms with E-state index < -0.39 is 11.6 Å². The van der Waals surface area contributed by atoms with Gasteiger partial charge in [0.1, 0.15) is 11.9 Å². The number of rotatable bonds is 2. The molecule has 2 atom stereocenters. The maximum absolute atomic E-state index is 12.3. The summed E-state index contributed by atoms with van der Waals surface area (Å²) in [4.78, 5) is 23.9. The molecule has 0 aliphatic carbocycles. The lowest BCUT2D eigenvalue weighted by molar-refractivity contribution is -0.126. The Hall–Kier alpha value is -1.75. The fourth-order valence-corrected chi connectivity index (χ4v) is 3.09. The summed E-state index contributed by atoms with van der Waals surface area (Å²) in [7, 11) is 0. The van der Waals surface area contributed by atoms with Crippen molar-refractivity contribution in [3.8, 4) is 5.75 Å². The molecule has 2 aliphatic heterocycles. The molecule has 20 heavy (non-hydrogen) atoms. The van der Waals surface area contributed by atoms with Crippen LogP contribution in [-0.2, 0) is 10.3 Å². The summed E-state index contributed by atoms with van der Waals surface area (Å²) >= 11 is 6.02. The summed E-state index contributed by atoms with van der Waals surface area (Å²) in [6.45, 7) is 2.06. The molecule has 2 unspecified atom stereocenters. The summed E-state index contributed by atoms with van der Waals surface area (Å²) in [5.74, 6) is 0.270. The summed E-state index contributed by atoms with van der Waals surface area (Å²) in [5.41, 5.74) is -0.434. The Morgan fingerprint density at radius 3 is 2.90 bits per heavy atom. The van der Waals surface area contributed by atoms with Crippen molar-refractivity contribution in [3.05, 3.63) is 28.8 Å². The smallest absolute Gasteiger partial charge is 0.322 e. The standard InChI is InChI=1S/C14H15ClN2O3/c1-2-3-9-7-14(12(18)16-13(19)17-14)10-6-8(15)4-5-11(10)20-9/h4-6,9H,2-3,7H2,1H3,(H2,16,17,18,19). The number of imide groups is 1. The van der Waals surface area contributed by atoms with E-state index in [9.17, 15) is 9.59 Å². The fraction of sp³-hybridized carbons (Fsp3) is 0.429. The van der Waals surface area contributed by atoms with Gasteiger partial charge < -0.3 is 10.1 Å². The van der Waals surface area contributed by atoms with Gasteiger partial charge in [0.2, 0.25) is 0 Å². The maximum atomic E-state index is 12.3. The lowest BCUT2D eigenvalue weighted by atomic mass is 9.81. The van der Waals surface area contributed by atoms with Gasteiger partial charge in [0.05, 0.1) is 0 Å². The average Bonchev–Trinajstić information content (AvgIpc) is 2.66. The lowest BCUT2D eigenvalue weighted by Gasteiger charge is -2.37. The van der Waals surface area contributed by atoms with Crippen molar-refractivity contribution in [3.63, 3.8) is 0 Å². The van der Waals surface area contributed by atoms with Crippen LogP contribution in [0.2, 0.25) is 5.02 Å². The molecule has 3 rings (SSSR count). The van der Waals surface area contributed by atoms with Crippen LogP contribution in [0.3, 0.4) is 0 Å². The molecule has 0 radical (unpaired) electrons. The average molecular weight is 295 g/mol. The van der Waals surface area contributed by atoms with Crippen molar-refractivity contribution in [2.24, 2.45) is 0 Å². The highest BCUT2D eigenvalue weighted by Crippen LogP contribution is 2.43. The largest absolute Gasteiger partial charge is 0.490 e. The highest BCUT2D eigenvalue weighted by atomic mass is 35.5. The lowest BCUT2D eigenvalue weighted by Crippen LogP contribution is -2.50. The van der Waals surface area contributed by atoms with Crippen LogP contribution in [0.15, 0.2) is 18.2 Å². The number of halogens is 1. The van der Waals surface area contributed by atoms with Crippen LogP contribution in [0.4, 0.5) is 4.79 Å². The Bertz CT molecular complexity index is 590. The number of amides is 3. The van der Waals surface area contributed by atoms with E-state index in [4.69, 9.17) is 16.3 Å². The quantitative estimate of drug-likeness (QED) is 0.823. The van der Waals surface area contributed by atoms with Crippen molar-refractivity contribution in [1.82, 2.24) is 10.6 Å². The van der Waals surface area contributed by atoms with E-state index in [1.807, 2.05) is 0 Å². The molecule has 0 aromatic heterocycles. The summed E-state index contributed by atoms with van der Waals surface area (Å²) in [6.07, 6.45) is 2.09. The predicted molar refractivity (Wildman–Crippen MR) is 73.7 cm³/mol. The van der Waals surface area contributed by atoms with Crippen LogP contribution in [-0.4, -0.2) is 18.0 Å². The first-order valence-corrected chi connectivity index (χ1v) is 7.03. The maximum Gasteiger partial charge on any atom is 0.322 e. The Morgan fingerprint density at radius 2 is 2.25 bits per heavy atom. The highest BCUT2D eigenvalue weighted by molar-refractivity contribution is 6.30. The molecule has 6 heteroatoms. The second-order valence-electron chi connectivity index (χ2n) is 5.19. The molecule has 1 fully saturated rings. The van der Waals surface area contributed by atoms with Crippen LogP contribution < -0.4 is 15.4 Å². The summed E-state index contributed by atoms with van der Waals surface area (Å²) < 4.78 is 5.91. The summed E-state index contributed by atoms with van der Waals surface area (Å²) in [5, 5.41) is 5.57. The van der Waals surface area contributed by atoms with Gasteiger partial charge in [-0.2, -0.15) is 0 Å². The van der Waals surface area contributed by atoms with Crippen LogP contribution in [0.5, 0.6) is 5.75 Å². The predicted octanol–water partition coefficient (Wildman–Crippen LogP) is 2.33. The van der Waals surface area contributed by atoms with Crippen LogP contribution in [0.1, 0.15) is 31.7 Å². The zero-order valence-corrected chi connectivity index (χ0v) is 11.8. The number of urea groups is 1. The molecule has 2 heterocycles. The third-order valence-corrected chi connectivity index (χ3v) is 4.02. The molecule has 1 aromatic carbocycles. The van der Waals surface area contributed by atoms with E-state index in [0.29, 0.717) is 22.8 Å². The van der Waals surface area contributed by atoms with Crippen molar-refractivity contribution in [1.29, 1.82) is 0 Å². The van der Waals surface area contributed by atoms with Crippen LogP contribution in [0, 0.1) is 0 Å². The first-order chi connectivity index (χ1) is 9.55. The minimum Gasteiger partial charge on any atom is -0.490 e. The van der Waals surface area contributed by atoms with Gasteiger partial charge in [0.25, 0.3) is 5.91 Å². The number of carbonyl (C=O) groups excluding carboxylic acids is 2. The number of nitrogens with one attached hydrogen (secondary N) is 2. The van der Waals surface area contributed by atoms with Gasteiger partial charge >= 0.3 is 6.03 Å². The third kappa shape index (κ3) is 1.93. The minimum atomic E-state index is -1.06. The van der Waals surface area contributed by atoms with E-state index in [1.165, 1.54) is 0 Å². The number of fused-ring (bicyclic) bond motifs is 2. The molecule has 2 aliphatic rings. The topological polar surface area (TPSA) is 67.4 Å². The number of benzene rings is 1. The molecular weight excluding hydrogens is 280 g/mol. The van der Waals surface area contributed by atoms with Crippen molar-refractivity contribution in [2.45, 2.75) is 37.8 Å². The zero-order chi connectivity index (χ0) is 14.3. The molecule has 1 saturated heterocycles. The van der Waals surface area contributed by atoms with Crippen LogP contribution in [0.25, 0.3) is 0 Å². The Morgan fingerprint density at radius 1 is 1.45 bits per heavy atom. The van der Waals surface area contributed by atoms with Gasteiger partial charge in [-0.25, -0.2) is 4.79 Å². The number of hydrogen-bond acceptors (Lipinski definition) is 3. The molecule has 1 spiro atoms. The Kier molecular flexibility index (Phi) is 3.09. The second-order valence-corrected chi connectivity index (χ2v) is 5.62. The van der Waals surface area contributed by atoms with E-state index >= 15 is 0 Å². The normalized spacial score (nSPS) is 27.8. The van der Waals surface area contributed by atoms with Gasteiger partial charge in [-0.3, -0.25) is 10.1 Å². The Labute approximate surface area is 121 Å². The fourth-order valence-electron chi connectivity index (χ4n) is 2.92. The molecular formula is C14H15ClN2O3. The van der Waals surface area contributed by atoms with Gasteiger partial charge in [-0.1, -0.05) is 24.9 Å². The number of hydrogen-bond donors (Lipinski definition) is 2. The first kappa shape index (κ1) is 13.2. The molecule has 3 amide bonds. The first-order valence-electron chi connectivity index (χ1n) is 6.65. The van der Waals surface area contributed by atoms with Gasteiger partial charge in [-0.15, -0.1) is 0 Å². The van der Waals surface area contributed by atoms with E-state index in [1.54, 1.807) is 18.2 Å². The molecule has 2 N–H and O–H groups in total. The van der Waals surface area contributed by atoms with E-state index in [2.05, 4.69) is 17.6 Å². The van der Waals surface area contributed by atoms with Crippen molar-refractivity contribution >= 4 is 23.5 Å². The molecule has 5 nitrogen and oxygen atoms in total. The summed E-state index contributed by atoms with van der Waals surface area (Å²) in [6, 6.07) is 4.68. The molecule has 1 aromatic rings. The minimum absolute atomic E-state index is 0.0992. The number of carbonyl (C=O) groups is 2. The monoisotopic (exact) mass is 294 g/mol. The van der Waals surface area contributed by atoms with Gasteiger partial charge in [0.15, 0.2) is 5.54 Å². The second kappa shape index (κ2) is 4.66. The van der Waals surface area contributed by atoms with Crippen LogP contribution >= 0.6 is 11.6 Å². The SMILES string of the molecule is CCCC1CC2(NC(=O)NC2=O)c2cc(Cl)ccc2O1. The van der Waals surface area contributed by atoms with E-state index in [-0.39, 0.29) is 12.0 Å². The Balaban J connectivity index is 2.11. The highest BCUT2D eigenvalue weighted by Gasteiger charge is 2.53. The zero-order valence-electron chi connectivity index (χ0n) is 11.0. The molecule has 106 valence electrons. The van der Waals surface area contributed by atoms with Gasteiger partial charge in [-0.05, 0) is 24.6 Å². The van der Waals surface area contributed by atoms with E-state index in [0.717, 1.165) is 12.8 Å². The molecule has 0 bridgehead atoms. The van der Waals surface area contributed by atoms with Gasteiger partial charge in [0, 0.05) is 17.0 Å².